The first kappa shape index (κ1) is 18.1. The summed E-state index contributed by atoms with van der Waals surface area (Å²) < 4.78 is 1.89. The van der Waals surface area contributed by atoms with Crippen molar-refractivity contribution in [1.29, 1.82) is 0 Å². The second-order valence-corrected chi connectivity index (χ2v) is 7.62. The van der Waals surface area contributed by atoms with E-state index in [0.717, 1.165) is 36.7 Å². The van der Waals surface area contributed by atoms with Crippen molar-refractivity contribution in [3.8, 4) is 0 Å². The summed E-state index contributed by atoms with van der Waals surface area (Å²) in [5.41, 5.74) is 3.26. The highest BCUT2D eigenvalue weighted by molar-refractivity contribution is 7.98. The van der Waals surface area contributed by atoms with E-state index in [4.69, 9.17) is 0 Å². The molecule has 1 N–H and O–H groups in total. The van der Waals surface area contributed by atoms with Gasteiger partial charge in [-0.15, -0.1) is 5.10 Å². The van der Waals surface area contributed by atoms with Crippen molar-refractivity contribution < 1.29 is 4.79 Å². The molecule has 27 heavy (non-hydrogen) atoms. The van der Waals surface area contributed by atoms with Crippen molar-refractivity contribution in [2.75, 3.05) is 29.6 Å². The Hall–Kier alpha value is -2.28. The molecule has 2 aliphatic rings. The predicted molar refractivity (Wildman–Crippen MR) is 109 cm³/mol. The Kier molecular flexibility index (Phi) is 4.95. The first-order valence-electron chi connectivity index (χ1n) is 9.51. The summed E-state index contributed by atoms with van der Waals surface area (Å²) in [6.45, 7) is 6.27. The number of Topliss-reactive ketones (excluding diaryl/α,β-unsaturated/α-hetero) is 1. The molecule has 1 aromatic carbocycles. The molecule has 0 saturated heterocycles. The van der Waals surface area contributed by atoms with Crippen LogP contribution in [-0.2, 0) is 4.79 Å². The Bertz CT molecular complexity index is 869. The van der Waals surface area contributed by atoms with E-state index in [-0.39, 0.29) is 17.7 Å². The lowest BCUT2D eigenvalue weighted by Gasteiger charge is -2.36. The van der Waals surface area contributed by atoms with Gasteiger partial charge in [0.2, 0.25) is 11.1 Å². The number of carbonyl (C=O) groups is 1. The Morgan fingerprint density at radius 2 is 2.00 bits per heavy atom. The molecule has 2 aromatic rings. The normalized spacial score (nSPS) is 21.1. The number of ketones is 1. The summed E-state index contributed by atoms with van der Waals surface area (Å²) in [6, 6.07) is 8.40. The molecule has 0 spiro atoms. The van der Waals surface area contributed by atoms with Gasteiger partial charge in [-0.05, 0) is 44.2 Å². The van der Waals surface area contributed by atoms with Gasteiger partial charge in [-0.1, -0.05) is 30.0 Å². The summed E-state index contributed by atoms with van der Waals surface area (Å²) in [5.74, 6) is 0.765. The molecule has 4 rings (SSSR count). The van der Waals surface area contributed by atoms with E-state index in [2.05, 4.69) is 64.5 Å². The molecule has 1 aliphatic heterocycles. The number of benzene rings is 1. The highest BCUT2D eigenvalue weighted by Crippen LogP contribution is 2.42. The Morgan fingerprint density at radius 3 is 2.67 bits per heavy atom. The van der Waals surface area contributed by atoms with Crippen LogP contribution in [0.2, 0.25) is 0 Å². The van der Waals surface area contributed by atoms with Crippen molar-refractivity contribution in [3.63, 3.8) is 0 Å². The van der Waals surface area contributed by atoms with Crippen molar-refractivity contribution in [3.05, 3.63) is 41.6 Å². The standard InChI is InChI=1S/C20H25N5OS/c1-4-24(5-2)14-11-9-13(10-12-14)18-17-15(7-6-8-16(17)26)21-19-22-20(27-3)23-25(18)19/h7,9-12,17-18H,4-6,8H2,1-3H3,(H,21,22,23)/t17-,18-/m0/s1. The average molecular weight is 384 g/mol. The second kappa shape index (κ2) is 7.38. The summed E-state index contributed by atoms with van der Waals surface area (Å²) >= 11 is 1.51. The number of rotatable bonds is 5. The van der Waals surface area contributed by atoms with E-state index in [1.165, 1.54) is 17.4 Å². The zero-order valence-electron chi connectivity index (χ0n) is 16.0. The maximum atomic E-state index is 12.8. The van der Waals surface area contributed by atoms with E-state index in [1.54, 1.807) is 0 Å². The number of hydrogen-bond donors (Lipinski definition) is 1. The molecular formula is C20H25N5OS. The fourth-order valence-corrected chi connectivity index (χ4v) is 4.39. The minimum Gasteiger partial charge on any atom is -0.372 e. The van der Waals surface area contributed by atoms with Gasteiger partial charge in [-0.25, -0.2) is 4.68 Å². The van der Waals surface area contributed by atoms with Gasteiger partial charge in [0.25, 0.3) is 0 Å². The molecule has 0 unspecified atom stereocenters. The Labute approximate surface area is 164 Å². The number of carbonyl (C=O) groups excluding carboxylic acids is 1. The van der Waals surface area contributed by atoms with Gasteiger partial charge in [-0.3, -0.25) is 4.79 Å². The Morgan fingerprint density at radius 1 is 1.26 bits per heavy atom. The number of aromatic nitrogens is 3. The summed E-state index contributed by atoms with van der Waals surface area (Å²) in [4.78, 5) is 19.7. The second-order valence-electron chi connectivity index (χ2n) is 6.84. The van der Waals surface area contributed by atoms with Gasteiger partial charge < -0.3 is 10.2 Å². The third kappa shape index (κ3) is 3.14. The van der Waals surface area contributed by atoms with Crippen molar-refractivity contribution >= 4 is 29.2 Å². The van der Waals surface area contributed by atoms with Crippen molar-refractivity contribution in [1.82, 2.24) is 14.8 Å². The number of thioether (sulfide) groups is 1. The molecule has 6 nitrogen and oxygen atoms in total. The van der Waals surface area contributed by atoms with Gasteiger partial charge in [0.15, 0.2) is 0 Å². The molecular weight excluding hydrogens is 358 g/mol. The van der Waals surface area contributed by atoms with Gasteiger partial charge >= 0.3 is 0 Å². The topological polar surface area (TPSA) is 63.1 Å². The van der Waals surface area contributed by atoms with Crippen LogP contribution in [0.25, 0.3) is 0 Å². The summed E-state index contributed by atoms with van der Waals surface area (Å²) in [5, 5.41) is 8.71. The minimum absolute atomic E-state index is 0.153. The van der Waals surface area contributed by atoms with Crippen LogP contribution < -0.4 is 10.2 Å². The van der Waals surface area contributed by atoms with E-state index in [1.807, 2.05) is 10.9 Å². The lowest BCUT2D eigenvalue weighted by atomic mass is 9.81. The fraction of sp³-hybridized carbons (Fsp3) is 0.450. The number of hydrogen-bond acceptors (Lipinski definition) is 6. The van der Waals surface area contributed by atoms with Crippen molar-refractivity contribution in [2.24, 2.45) is 5.92 Å². The van der Waals surface area contributed by atoms with E-state index in [0.29, 0.717) is 11.6 Å². The van der Waals surface area contributed by atoms with Gasteiger partial charge in [0.1, 0.15) is 5.78 Å². The highest BCUT2D eigenvalue weighted by atomic mass is 32.2. The summed E-state index contributed by atoms with van der Waals surface area (Å²) in [7, 11) is 0. The molecule has 7 heteroatoms. The first-order chi connectivity index (χ1) is 13.2. The maximum Gasteiger partial charge on any atom is 0.227 e. The average Bonchev–Trinajstić information content (AvgIpc) is 3.11. The number of nitrogens with one attached hydrogen (secondary N) is 1. The lowest BCUT2D eigenvalue weighted by molar-refractivity contribution is -0.123. The number of fused-ring (bicyclic) bond motifs is 2. The van der Waals surface area contributed by atoms with Crippen LogP contribution in [0, 0.1) is 5.92 Å². The van der Waals surface area contributed by atoms with Crippen molar-refractivity contribution in [2.45, 2.75) is 37.9 Å². The molecule has 1 aliphatic carbocycles. The van der Waals surface area contributed by atoms with Gasteiger partial charge in [0, 0.05) is 30.9 Å². The molecule has 0 amide bonds. The number of nitrogens with zero attached hydrogens (tertiary/aromatic N) is 4. The zero-order valence-corrected chi connectivity index (χ0v) is 16.8. The maximum absolute atomic E-state index is 12.8. The highest BCUT2D eigenvalue weighted by Gasteiger charge is 2.41. The molecule has 0 bridgehead atoms. The Balaban J connectivity index is 1.78. The van der Waals surface area contributed by atoms with E-state index < -0.39 is 0 Å². The van der Waals surface area contributed by atoms with E-state index >= 15 is 0 Å². The third-order valence-corrected chi connectivity index (χ3v) is 5.97. The third-order valence-electron chi connectivity index (χ3n) is 5.43. The van der Waals surface area contributed by atoms with Crippen LogP contribution in [0.5, 0.6) is 0 Å². The van der Waals surface area contributed by atoms with Gasteiger partial charge in [-0.2, -0.15) is 4.98 Å². The van der Waals surface area contributed by atoms with E-state index in [9.17, 15) is 4.79 Å². The quantitative estimate of drug-likeness (QED) is 0.794. The van der Waals surface area contributed by atoms with Crippen LogP contribution in [0.4, 0.5) is 11.6 Å². The molecule has 0 fully saturated rings. The van der Waals surface area contributed by atoms with Crippen LogP contribution >= 0.6 is 11.8 Å². The molecule has 0 saturated carbocycles. The lowest BCUT2D eigenvalue weighted by Crippen LogP contribution is -2.38. The van der Waals surface area contributed by atoms with Crippen LogP contribution in [0.1, 0.15) is 38.3 Å². The predicted octanol–water partition coefficient (Wildman–Crippen LogP) is 3.72. The molecule has 0 radical (unpaired) electrons. The number of anilines is 2. The smallest absolute Gasteiger partial charge is 0.227 e. The fourth-order valence-electron chi connectivity index (χ4n) is 4.05. The molecule has 142 valence electrons. The molecule has 2 atom stereocenters. The SMILES string of the molecule is CCN(CC)c1ccc([C@H]2[C@@H]3C(=O)CCC=C3Nc3nc(SC)nn32)cc1. The van der Waals surface area contributed by atoms with Gasteiger partial charge in [0.05, 0.1) is 12.0 Å². The minimum atomic E-state index is -0.220. The molecule has 1 aromatic heterocycles. The first-order valence-corrected chi connectivity index (χ1v) is 10.7. The van der Waals surface area contributed by atoms with Crippen LogP contribution in [0.15, 0.2) is 41.2 Å². The summed E-state index contributed by atoms with van der Waals surface area (Å²) in [6.07, 6.45) is 5.48. The van der Waals surface area contributed by atoms with Crippen LogP contribution in [0.3, 0.4) is 0 Å². The monoisotopic (exact) mass is 383 g/mol. The van der Waals surface area contributed by atoms with Crippen LogP contribution in [-0.4, -0.2) is 39.9 Å². The largest absolute Gasteiger partial charge is 0.372 e. The number of allylic oxidation sites excluding steroid dienone is 2. The zero-order chi connectivity index (χ0) is 19.0. The molecule has 2 heterocycles.